The van der Waals surface area contributed by atoms with Gasteiger partial charge >= 0.3 is 0 Å². The molecular weight excluding hydrogens is 248 g/mol. The van der Waals surface area contributed by atoms with Crippen molar-refractivity contribution in [2.24, 2.45) is 11.7 Å². The van der Waals surface area contributed by atoms with Gasteiger partial charge in [-0.2, -0.15) is 0 Å². The van der Waals surface area contributed by atoms with Gasteiger partial charge in [-0.25, -0.2) is 0 Å². The molecule has 1 unspecified atom stereocenters. The maximum Gasteiger partial charge on any atom is 0.142 e. The van der Waals surface area contributed by atoms with E-state index in [0.29, 0.717) is 5.92 Å². The van der Waals surface area contributed by atoms with Crippen molar-refractivity contribution in [2.75, 3.05) is 18.5 Å². The van der Waals surface area contributed by atoms with Crippen LogP contribution in [0, 0.1) is 5.92 Å². The number of rotatable bonds is 10. The lowest BCUT2D eigenvalue weighted by Gasteiger charge is -2.17. The van der Waals surface area contributed by atoms with Crippen molar-refractivity contribution in [2.45, 2.75) is 52.5 Å². The molecule has 1 aromatic carbocycles. The third kappa shape index (κ3) is 6.80. The van der Waals surface area contributed by atoms with Crippen LogP contribution in [0.2, 0.25) is 0 Å². The molecule has 114 valence electrons. The fraction of sp³-hybridized carbons (Fsp3) is 0.647. The molecule has 0 saturated heterocycles. The summed E-state index contributed by atoms with van der Waals surface area (Å²) in [5.41, 5.74) is 7.15. The molecule has 0 aromatic heterocycles. The first-order valence-electron chi connectivity index (χ1n) is 7.84. The Morgan fingerprint density at radius 1 is 1.20 bits per heavy atom. The van der Waals surface area contributed by atoms with E-state index in [1.807, 2.05) is 18.2 Å². The van der Waals surface area contributed by atoms with Crippen LogP contribution in [0.4, 0.5) is 5.69 Å². The van der Waals surface area contributed by atoms with E-state index in [1.54, 1.807) is 0 Å². The van der Waals surface area contributed by atoms with Gasteiger partial charge in [-0.15, -0.1) is 0 Å². The normalized spacial score (nSPS) is 12.4. The zero-order valence-electron chi connectivity index (χ0n) is 13.2. The monoisotopic (exact) mass is 278 g/mol. The number of hydrogen-bond acceptors (Lipinski definition) is 3. The van der Waals surface area contributed by atoms with Crippen molar-refractivity contribution < 1.29 is 4.74 Å². The van der Waals surface area contributed by atoms with E-state index in [-0.39, 0.29) is 6.04 Å². The first kappa shape index (κ1) is 16.8. The third-order valence-corrected chi connectivity index (χ3v) is 3.22. The van der Waals surface area contributed by atoms with E-state index >= 15 is 0 Å². The molecule has 3 heteroatoms. The molecular formula is C17H30N2O. The van der Waals surface area contributed by atoms with Crippen molar-refractivity contribution in [1.82, 2.24) is 0 Å². The van der Waals surface area contributed by atoms with Crippen LogP contribution in [0.25, 0.3) is 0 Å². The number of hydrogen-bond donors (Lipinski definition) is 2. The van der Waals surface area contributed by atoms with Crippen molar-refractivity contribution in [3.8, 4) is 5.75 Å². The molecule has 0 amide bonds. The lowest BCUT2D eigenvalue weighted by molar-refractivity contribution is 0.307. The zero-order chi connectivity index (χ0) is 14.8. The molecule has 1 rings (SSSR count). The summed E-state index contributed by atoms with van der Waals surface area (Å²) in [5, 5.41) is 3.41. The van der Waals surface area contributed by atoms with Gasteiger partial charge in [-0.1, -0.05) is 45.7 Å². The molecule has 20 heavy (non-hydrogen) atoms. The SMILES string of the molecule is CCCCCOc1ccccc1NCC(N)CC(C)C. The lowest BCUT2D eigenvalue weighted by Crippen LogP contribution is -2.30. The van der Waals surface area contributed by atoms with E-state index in [0.717, 1.165) is 37.4 Å². The van der Waals surface area contributed by atoms with Crippen LogP contribution in [-0.4, -0.2) is 19.2 Å². The summed E-state index contributed by atoms with van der Waals surface area (Å²) in [6.45, 7) is 8.17. The van der Waals surface area contributed by atoms with E-state index in [9.17, 15) is 0 Å². The second-order valence-corrected chi connectivity index (χ2v) is 5.82. The van der Waals surface area contributed by atoms with Crippen LogP contribution in [0.1, 0.15) is 46.5 Å². The van der Waals surface area contributed by atoms with Crippen LogP contribution in [-0.2, 0) is 0 Å². The average molecular weight is 278 g/mol. The minimum Gasteiger partial charge on any atom is -0.491 e. The van der Waals surface area contributed by atoms with Gasteiger partial charge < -0.3 is 15.8 Å². The summed E-state index contributed by atoms with van der Waals surface area (Å²) in [6.07, 6.45) is 4.58. The Kier molecular flexibility index (Phi) is 8.12. The van der Waals surface area contributed by atoms with Gasteiger partial charge in [0.05, 0.1) is 12.3 Å². The molecule has 0 aliphatic carbocycles. The van der Waals surface area contributed by atoms with Crippen LogP contribution < -0.4 is 15.8 Å². The number of nitrogens with one attached hydrogen (secondary N) is 1. The Labute approximate surface area is 123 Å². The molecule has 0 heterocycles. The molecule has 0 radical (unpaired) electrons. The first-order chi connectivity index (χ1) is 9.63. The highest BCUT2D eigenvalue weighted by molar-refractivity contribution is 5.56. The lowest BCUT2D eigenvalue weighted by atomic mass is 10.0. The van der Waals surface area contributed by atoms with Gasteiger partial charge in [0.15, 0.2) is 0 Å². The number of benzene rings is 1. The minimum absolute atomic E-state index is 0.183. The minimum atomic E-state index is 0.183. The molecule has 0 fully saturated rings. The smallest absolute Gasteiger partial charge is 0.142 e. The number of anilines is 1. The predicted molar refractivity (Wildman–Crippen MR) is 87.4 cm³/mol. The summed E-state index contributed by atoms with van der Waals surface area (Å²) in [6, 6.07) is 8.28. The highest BCUT2D eigenvalue weighted by Gasteiger charge is 2.07. The Morgan fingerprint density at radius 2 is 1.95 bits per heavy atom. The van der Waals surface area contributed by atoms with Gasteiger partial charge in [0.2, 0.25) is 0 Å². The fourth-order valence-electron chi connectivity index (χ4n) is 2.20. The van der Waals surface area contributed by atoms with Crippen LogP contribution in [0.3, 0.4) is 0 Å². The number of ether oxygens (including phenoxy) is 1. The molecule has 0 bridgehead atoms. The summed E-state index contributed by atoms with van der Waals surface area (Å²) in [5.74, 6) is 1.56. The Hall–Kier alpha value is -1.22. The third-order valence-electron chi connectivity index (χ3n) is 3.22. The Morgan fingerprint density at radius 3 is 2.65 bits per heavy atom. The van der Waals surface area contributed by atoms with E-state index in [2.05, 4.69) is 32.2 Å². The number of unbranched alkanes of at least 4 members (excludes halogenated alkanes) is 2. The number of nitrogens with two attached hydrogens (primary N) is 1. The molecule has 0 saturated carbocycles. The van der Waals surface area contributed by atoms with E-state index < -0.39 is 0 Å². The van der Waals surface area contributed by atoms with Crippen molar-refractivity contribution in [1.29, 1.82) is 0 Å². The summed E-state index contributed by atoms with van der Waals surface area (Å²) in [4.78, 5) is 0. The van der Waals surface area contributed by atoms with Crippen molar-refractivity contribution in [3.05, 3.63) is 24.3 Å². The van der Waals surface area contributed by atoms with E-state index in [1.165, 1.54) is 12.8 Å². The highest BCUT2D eigenvalue weighted by atomic mass is 16.5. The molecule has 0 aliphatic rings. The largest absolute Gasteiger partial charge is 0.491 e. The highest BCUT2D eigenvalue weighted by Crippen LogP contribution is 2.24. The molecule has 0 spiro atoms. The van der Waals surface area contributed by atoms with Gasteiger partial charge in [0.1, 0.15) is 5.75 Å². The molecule has 1 atom stereocenters. The summed E-state index contributed by atoms with van der Waals surface area (Å²) >= 11 is 0. The van der Waals surface area contributed by atoms with Crippen LogP contribution >= 0.6 is 0 Å². The van der Waals surface area contributed by atoms with Crippen LogP contribution in [0.15, 0.2) is 24.3 Å². The van der Waals surface area contributed by atoms with Crippen LogP contribution in [0.5, 0.6) is 5.75 Å². The molecule has 3 nitrogen and oxygen atoms in total. The predicted octanol–water partition coefficient (Wildman–Crippen LogP) is 4.04. The average Bonchev–Trinajstić information content (AvgIpc) is 2.41. The second kappa shape index (κ2) is 9.65. The van der Waals surface area contributed by atoms with Gasteiger partial charge in [-0.05, 0) is 30.9 Å². The topological polar surface area (TPSA) is 47.3 Å². The summed E-state index contributed by atoms with van der Waals surface area (Å²) in [7, 11) is 0. The van der Waals surface area contributed by atoms with Crippen molar-refractivity contribution >= 4 is 5.69 Å². The fourth-order valence-corrected chi connectivity index (χ4v) is 2.20. The summed E-state index contributed by atoms with van der Waals surface area (Å²) < 4.78 is 5.85. The second-order valence-electron chi connectivity index (χ2n) is 5.82. The maximum absolute atomic E-state index is 6.11. The number of para-hydroxylation sites is 2. The van der Waals surface area contributed by atoms with Crippen molar-refractivity contribution in [3.63, 3.8) is 0 Å². The maximum atomic E-state index is 6.11. The standard InChI is InChI=1S/C17H30N2O/c1-4-5-8-11-20-17-10-7-6-9-16(17)19-13-15(18)12-14(2)3/h6-7,9-10,14-15,19H,4-5,8,11-13,18H2,1-3H3. The molecule has 3 N–H and O–H groups in total. The first-order valence-corrected chi connectivity index (χ1v) is 7.84. The molecule has 0 aliphatic heterocycles. The molecule has 1 aromatic rings. The van der Waals surface area contributed by atoms with Gasteiger partial charge in [-0.3, -0.25) is 0 Å². The zero-order valence-corrected chi connectivity index (χ0v) is 13.2. The van der Waals surface area contributed by atoms with E-state index in [4.69, 9.17) is 10.5 Å². The quantitative estimate of drug-likeness (QED) is 0.635. The van der Waals surface area contributed by atoms with Gasteiger partial charge in [0.25, 0.3) is 0 Å². The van der Waals surface area contributed by atoms with Gasteiger partial charge in [0, 0.05) is 12.6 Å². The Bertz CT molecular complexity index is 366. The Balaban J connectivity index is 2.44.